The number of nitrogens with one attached hydrogen (secondary N) is 1. The van der Waals surface area contributed by atoms with Crippen molar-refractivity contribution in [2.45, 2.75) is 18.2 Å². The van der Waals surface area contributed by atoms with E-state index < -0.39 is 5.91 Å². The highest BCUT2D eigenvalue weighted by atomic mass is 32.2. The summed E-state index contributed by atoms with van der Waals surface area (Å²) in [6.07, 6.45) is 3.34. The number of nitrogens with zero attached hydrogens (tertiary/aromatic N) is 3. The van der Waals surface area contributed by atoms with Gasteiger partial charge in [0.15, 0.2) is 15.8 Å². The van der Waals surface area contributed by atoms with Gasteiger partial charge >= 0.3 is 0 Å². The summed E-state index contributed by atoms with van der Waals surface area (Å²) in [5.74, 6) is 1.31. The second kappa shape index (κ2) is 12.1. The van der Waals surface area contributed by atoms with Gasteiger partial charge in [-0.1, -0.05) is 47.4 Å². The van der Waals surface area contributed by atoms with E-state index in [2.05, 4.69) is 15.5 Å². The van der Waals surface area contributed by atoms with Crippen LogP contribution in [0, 0.1) is 25.2 Å². The molecule has 0 saturated heterocycles. The van der Waals surface area contributed by atoms with Crippen molar-refractivity contribution in [1.29, 1.82) is 5.26 Å². The van der Waals surface area contributed by atoms with Crippen molar-refractivity contribution >= 4 is 40.2 Å². The van der Waals surface area contributed by atoms with Gasteiger partial charge in [-0.25, -0.2) is 0 Å². The van der Waals surface area contributed by atoms with Gasteiger partial charge < -0.3 is 14.2 Å². The second-order valence-electron chi connectivity index (χ2n) is 7.03. The van der Waals surface area contributed by atoms with Crippen molar-refractivity contribution < 1.29 is 19.0 Å². The van der Waals surface area contributed by atoms with Crippen LogP contribution in [0.4, 0.5) is 5.13 Å². The third-order valence-corrected chi connectivity index (χ3v) is 6.48. The highest BCUT2D eigenvalue weighted by Crippen LogP contribution is 2.29. The fourth-order valence-electron chi connectivity index (χ4n) is 3.04. The first-order chi connectivity index (χ1) is 16.4. The van der Waals surface area contributed by atoms with Crippen LogP contribution in [0.25, 0.3) is 6.08 Å². The molecule has 0 bridgehead atoms. The average Bonchev–Trinajstić information content (AvgIpc) is 3.29. The van der Waals surface area contributed by atoms with Crippen molar-refractivity contribution in [3.8, 4) is 23.3 Å². The third kappa shape index (κ3) is 6.50. The molecule has 3 aromatic rings. The number of carbonyl (C=O) groups excluding carboxylic acids is 1. The minimum Gasteiger partial charge on any atom is -0.493 e. The van der Waals surface area contributed by atoms with Crippen LogP contribution in [-0.4, -0.2) is 42.7 Å². The van der Waals surface area contributed by atoms with Crippen LogP contribution < -0.4 is 19.5 Å². The second-order valence-corrected chi connectivity index (χ2v) is 9.06. The van der Waals surface area contributed by atoms with E-state index in [0.717, 1.165) is 21.2 Å². The summed E-state index contributed by atoms with van der Waals surface area (Å²) in [6, 6.07) is 13.1. The van der Waals surface area contributed by atoms with E-state index in [1.54, 1.807) is 18.2 Å². The zero-order chi connectivity index (χ0) is 24.5. The van der Waals surface area contributed by atoms with Gasteiger partial charge in [-0.15, -0.1) is 10.2 Å². The molecular weight excluding hydrogens is 472 g/mol. The number of hydrogen-bond donors (Lipinski definition) is 1. The zero-order valence-electron chi connectivity index (χ0n) is 19.2. The van der Waals surface area contributed by atoms with Crippen LogP contribution in [0.3, 0.4) is 0 Å². The van der Waals surface area contributed by atoms with E-state index in [1.807, 2.05) is 44.4 Å². The number of nitriles is 1. The van der Waals surface area contributed by atoms with E-state index in [-0.39, 0.29) is 5.57 Å². The summed E-state index contributed by atoms with van der Waals surface area (Å²) in [7, 11) is 1.53. The molecule has 1 N–H and O–H groups in total. The largest absolute Gasteiger partial charge is 0.493 e. The van der Waals surface area contributed by atoms with Gasteiger partial charge in [-0.2, -0.15) is 5.26 Å². The molecule has 0 unspecified atom stereocenters. The molecule has 8 nitrogen and oxygen atoms in total. The number of thioether (sulfide) groups is 1. The lowest BCUT2D eigenvalue weighted by Crippen LogP contribution is -2.13. The first-order valence-electron chi connectivity index (χ1n) is 10.3. The molecule has 0 spiro atoms. The summed E-state index contributed by atoms with van der Waals surface area (Å²) in [4.78, 5) is 12.5. The Morgan fingerprint density at radius 2 is 1.88 bits per heavy atom. The first-order valence-corrected chi connectivity index (χ1v) is 12.3. The molecule has 34 heavy (non-hydrogen) atoms. The van der Waals surface area contributed by atoms with Crippen molar-refractivity contribution in [3.05, 3.63) is 58.7 Å². The van der Waals surface area contributed by atoms with Gasteiger partial charge in [0.1, 0.15) is 30.6 Å². The van der Waals surface area contributed by atoms with E-state index in [0.29, 0.717) is 35.4 Å². The number of ether oxygens (including phenoxy) is 3. The van der Waals surface area contributed by atoms with E-state index in [9.17, 15) is 10.1 Å². The van der Waals surface area contributed by atoms with Crippen LogP contribution in [0.5, 0.6) is 17.2 Å². The Bertz CT molecular complexity index is 1210. The van der Waals surface area contributed by atoms with Crippen molar-refractivity contribution in [2.75, 3.05) is 31.9 Å². The molecule has 3 rings (SSSR count). The molecule has 0 saturated carbocycles. The third-order valence-electron chi connectivity index (χ3n) is 4.66. The molecule has 0 aliphatic heterocycles. The number of rotatable bonds is 10. The van der Waals surface area contributed by atoms with Gasteiger partial charge in [-0.3, -0.25) is 10.1 Å². The van der Waals surface area contributed by atoms with E-state index in [1.165, 1.54) is 36.3 Å². The number of aromatic nitrogens is 2. The summed E-state index contributed by atoms with van der Waals surface area (Å²) in [5, 5.41) is 20.2. The summed E-state index contributed by atoms with van der Waals surface area (Å²) >= 11 is 2.66. The fraction of sp³-hybridized carbons (Fsp3) is 0.250. The van der Waals surface area contributed by atoms with Crippen LogP contribution in [0.1, 0.15) is 16.7 Å². The van der Waals surface area contributed by atoms with Crippen molar-refractivity contribution in [1.82, 2.24) is 10.2 Å². The Kier molecular flexibility index (Phi) is 8.90. The Morgan fingerprint density at radius 1 is 1.15 bits per heavy atom. The highest BCUT2D eigenvalue weighted by molar-refractivity contribution is 8.00. The predicted octanol–water partition coefficient (Wildman–Crippen LogP) is 4.89. The van der Waals surface area contributed by atoms with Gasteiger partial charge in [-0.05, 0) is 55.0 Å². The Hall–Kier alpha value is -3.55. The van der Waals surface area contributed by atoms with Gasteiger partial charge in [0.25, 0.3) is 5.91 Å². The predicted molar refractivity (Wildman–Crippen MR) is 134 cm³/mol. The zero-order valence-corrected chi connectivity index (χ0v) is 20.9. The molecular formula is C24H24N4O4S2. The van der Waals surface area contributed by atoms with Gasteiger partial charge in [0.2, 0.25) is 5.13 Å². The number of methoxy groups -OCH3 is 1. The minimum absolute atomic E-state index is 0.0707. The highest BCUT2D eigenvalue weighted by Gasteiger charge is 2.14. The lowest BCUT2D eigenvalue weighted by Gasteiger charge is -2.14. The van der Waals surface area contributed by atoms with E-state index >= 15 is 0 Å². The molecule has 0 aliphatic rings. The smallest absolute Gasteiger partial charge is 0.268 e. The Balaban J connectivity index is 1.64. The van der Waals surface area contributed by atoms with Crippen LogP contribution in [0.15, 0.2) is 46.3 Å². The summed E-state index contributed by atoms with van der Waals surface area (Å²) in [6.45, 7) is 4.71. The molecule has 0 fully saturated rings. The maximum absolute atomic E-state index is 12.5. The maximum atomic E-state index is 12.5. The Labute approximate surface area is 206 Å². The number of aryl methyl sites for hydroxylation is 2. The first kappa shape index (κ1) is 25.1. The molecule has 0 atom stereocenters. The fourth-order valence-corrected chi connectivity index (χ4v) is 4.20. The molecule has 0 aliphatic carbocycles. The van der Waals surface area contributed by atoms with Gasteiger partial charge in [0.05, 0.1) is 7.11 Å². The standard InChI is InChI=1S/C24H24N4O4S2/c1-15-6-5-7-16(2)21(15)32-11-10-31-19-9-8-17(13-20(19)30-3)12-18(14-25)22(29)26-23-27-28-24(33-4)34-23/h5-9,12-13H,10-11H2,1-4H3,(H,26,27,29). The average molecular weight is 497 g/mol. The molecule has 176 valence electrons. The number of benzene rings is 2. The number of carbonyl (C=O) groups is 1. The Morgan fingerprint density at radius 3 is 2.53 bits per heavy atom. The van der Waals surface area contributed by atoms with E-state index in [4.69, 9.17) is 14.2 Å². The van der Waals surface area contributed by atoms with Crippen LogP contribution in [0.2, 0.25) is 0 Å². The maximum Gasteiger partial charge on any atom is 0.268 e. The monoisotopic (exact) mass is 496 g/mol. The summed E-state index contributed by atoms with van der Waals surface area (Å²) < 4.78 is 17.8. The number of para-hydroxylation sites is 1. The van der Waals surface area contributed by atoms with Crippen LogP contribution >= 0.6 is 23.1 Å². The lowest BCUT2D eigenvalue weighted by atomic mass is 10.1. The van der Waals surface area contributed by atoms with Crippen molar-refractivity contribution in [2.24, 2.45) is 0 Å². The topological polar surface area (TPSA) is 106 Å². The van der Waals surface area contributed by atoms with Gasteiger partial charge in [0, 0.05) is 0 Å². The summed E-state index contributed by atoms with van der Waals surface area (Å²) in [5.41, 5.74) is 2.69. The minimum atomic E-state index is -0.561. The molecule has 0 radical (unpaired) electrons. The normalized spacial score (nSPS) is 11.0. The number of hydrogen-bond acceptors (Lipinski definition) is 9. The lowest BCUT2D eigenvalue weighted by molar-refractivity contribution is -0.112. The number of amides is 1. The van der Waals surface area contributed by atoms with Crippen molar-refractivity contribution in [3.63, 3.8) is 0 Å². The molecule has 2 aromatic carbocycles. The molecule has 1 amide bonds. The molecule has 1 heterocycles. The van der Waals surface area contributed by atoms with Crippen LogP contribution in [-0.2, 0) is 4.79 Å². The SMILES string of the molecule is COc1cc(C=C(C#N)C(=O)Nc2nnc(SC)s2)ccc1OCCOc1c(C)cccc1C. The quantitative estimate of drug-likeness (QED) is 0.139. The molecule has 10 heteroatoms. The molecule has 1 aromatic heterocycles. The number of anilines is 1.